The standard InChI is InChI=1S/C22H23FN4O4/c1-12(28)25-8-15-9-27(21(29)31-15)14-3-4-16(19(23)6-14)13-2-5-20(26-7-13)22(24)17-10-30-11-18(17)22/h2-7,15,17-18H,8-11,24H2,1H3,(H,25,28)/t15-,17?,18?,22?/m0/s1. The van der Waals surface area contributed by atoms with Gasteiger partial charge in [-0.15, -0.1) is 0 Å². The van der Waals surface area contributed by atoms with Crippen molar-refractivity contribution in [1.82, 2.24) is 10.3 Å². The van der Waals surface area contributed by atoms with Crippen LogP contribution in [0.15, 0.2) is 36.5 Å². The molecule has 3 aliphatic rings. The molecule has 2 saturated heterocycles. The van der Waals surface area contributed by atoms with Crippen molar-refractivity contribution in [3.63, 3.8) is 0 Å². The molecule has 8 nitrogen and oxygen atoms in total. The summed E-state index contributed by atoms with van der Waals surface area (Å²) in [4.78, 5) is 29.1. The van der Waals surface area contributed by atoms with Gasteiger partial charge in [-0.2, -0.15) is 0 Å². The van der Waals surface area contributed by atoms with Crippen LogP contribution >= 0.6 is 0 Å². The zero-order valence-corrected chi connectivity index (χ0v) is 17.0. The van der Waals surface area contributed by atoms with Gasteiger partial charge in [-0.3, -0.25) is 14.7 Å². The van der Waals surface area contributed by atoms with Crippen molar-refractivity contribution in [2.75, 3.05) is 31.2 Å². The van der Waals surface area contributed by atoms with Crippen LogP contribution in [0.25, 0.3) is 11.1 Å². The van der Waals surface area contributed by atoms with Crippen LogP contribution in [0.1, 0.15) is 12.6 Å². The van der Waals surface area contributed by atoms with E-state index in [-0.39, 0.29) is 19.0 Å². The number of nitrogens with zero attached hydrogens (tertiary/aromatic N) is 2. The second-order valence-electron chi connectivity index (χ2n) is 8.33. The summed E-state index contributed by atoms with van der Waals surface area (Å²) in [6.45, 7) is 3.16. The fraction of sp³-hybridized carbons (Fsp3) is 0.409. The van der Waals surface area contributed by atoms with Gasteiger partial charge < -0.3 is 20.5 Å². The molecule has 0 radical (unpaired) electrons. The van der Waals surface area contributed by atoms with E-state index in [2.05, 4.69) is 10.3 Å². The average Bonchev–Trinajstić information content (AvgIpc) is 3.13. The highest BCUT2D eigenvalue weighted by molar-refractivity contribution is 5.90. The van der Waals surface area contributed by atoms with Gasteiger partial charge in [0, 0.05) is 36.1 Å². The van der Waals surface area contributed by atoms with Crippen molar-refractivity contribution < 1.29 is 23.5 Å². The normalized spacial score (nSPS) is 28.9. The van der Waals surface area contributed by atoms with Gasteiger partial charge in [-0.1, -0.05) is 6.07 Å². The highest BCUT2D eigenvalue weighted by Crippen LogP contribution is 2.58. The summed E-state index contributed by atoms with van der Waals surface area (Å²) in [5.41, 5.74) is 8.27. The minimum absolute atomic E-state index is 0.205. The molecule has 2 unspecified atom stereocenters. The van der Waals surface area contributed by atoms with Crippen LogP contribution in [0.4, 0.5) is 14.9 Å². The van der Waals surface area contributed by atoms with Gasteiger partial charge in [0.15, 0.2) is 0 Å². The Labute approximate surface area is 178 Å². The Morgan fingerprint density at radius 2 is 2.10 bits per heavy atom. The summed E-state index contributed by atoms with van der Waals surface area (Å²) in [5, 5.41) is 2.61. The number of pyridine rings is 1. The molecule has 5 rings (SSSR count). The SMILES string of the molecule is CC(=O)NC[C@H]1CN(c2ccc(-c3ccc(C4(N)C5COCC54)nc3)c(F)c2)C(=O)O1. The Morgan fingerprint density at radius 3 is 2.74 bits per heavy atom. The van der Waals surface area contributed by atoms with Gasteiger partial charge in [-0.05, 0) is 24.3 Å². The summed E-state index contributed by atoms with van der Waals surface area (Å²) in [5.74, 6) is -0.0688. The Bertz CT molecular complexity index is 1030. The first-order chi connectivity index (χ1) is 14.9. The zero-order chi connectivity index (χ0) is 21.8. The summed E-state index contributed by atoms with van der Waals surface area (Å²) >= 11 is 0. The molecule has 1 aromatic carbocycles. The van der Waals surface area contributed by atoms with Gasteiger partial charge in [0.2, 0.25) is 5.91 Å². The van der Waals surface area contributed by atoms with E-state index in [1.807, 2.05) is 12.1 Å². The maximum atomic E-state index is 14.9. The molecule has 2 aromatic rings. The zero-order valence-electron chi connectivity index (χ0n) is 17.0. The topological polar surface area (TPSA) is 107 Å². The molecule has 0 bridgehead atoms. The minimum atomic E-state index is -0.569. The van der Waals surface area contributed by atoms with E-state index in [0.29, 0.717) is 41.9 Å². The number of carbonyl (C=O) groups is 2. The number of nitrogens with two attached hydrogens (primary N) is 1. The van der Waals surface area contributed by atoms with Crippen LogP contribution in [0.3, 0.4) is 0 Å². The lowest BCUT2D eigenvalue weighted by atomic mass is 10.0. The molecule has 1 saturated carbocycles. The largest absolute Gasteiger partial charge is 0.442 e. The number of halogens is 1. The smallest absolute Gasteiger partial charge is 0.414 e. The Kier molecular flexibility index (Phi) is 4.67. The van der Waals surface area contributed by atoms with Crippen molar-refractivity contribution >= 4 is 17.7 Å². The van der Waals surface area contributed by atoms with Crippen molar-refractivity contribution in [2.45, 2.75) is 18.6 Å². The number of hydrogen-bond donors (Lipinski definition) is 2. The van der Waals surface area contributed by atoms with Crippen molar-refractivity contribution in [3.05, 3.63) is 48.0 Å². The molecular weight excluding hydrogens is 403 g/mol. The molecule has 3 N–H and O–H groups in total. The monoisotopic (exact) mass is 426 g/mol. The molecule has 1 aromatic heterocycles. The molecular formula is C22H23FN4O4. The first-order valence-corrected chi connectivity index (χ1v) is 10.2. The Balaban J connectivity index is 1.31. The molecule has 31 heavy (non-hydrogen) atoms. The third-order valence-corrected chi connectivity index (χ3v) is 6.43. The molecule has 2 aliphatic heterocycles. The van der Waals surface area contributed by atoms with Crippen molar-refractivity contribution in [1.29, 1.82) is 0 Å². The third kappa shape index (κ3) is 3.34. The number of hydrogen-bond acceptors (Lipinski definition) is 6. The number of cyclic esters (lactones) is 1. The van der Waals surface area contributed by atoms with Crippen LogP contribution in [-0.2, 0) is 19.8 Å². The summed E-state index contributed by atoms with van der Waals surface area (Å²) in [6.07, 6.45) is 0.581. The molecule has 9 heteroatoms. The van der Waals surface area contributed by atoms with E-state index in [1.54, 1.807) is 18.3 Å². The Hall–Kier alpha value is -3.04. The molecule has 3 heterocycles. The second-order valence-corrected chi connectivity index (χ2v) is 8.33. The highest BCUT2D eigenvalue weighted by Gasteiger charge is 2.66. The van der Waals surface area contributed by atoms with Gasteiger partial charge in [-0.25, -0.2) is 9.18 Å². The average molecular weight is 426 g/mol. The lowest BCUT2D eigenvalue weighted by Crippen LogP contribution is -2.33. The maximum Gasteiger partial charge on any atom is 0.414 e. The van der Waals surface area contributed by atoms with Gasteiger partial charge in [0.1, 0.15) is 11.9 Å². The first-order valence-electron chi connectivity index (χ1n) is 10.2. The van der Waals surface area contributed by atoms with E-state index in [1.165, 1.54) is 17.9 Å². The first kappa shape index (κ1) is 19.9. The number of anilines is 1. The summed E-state index contributed by atoms with van der Waals surface area (Å²) in [6, 6.07) is 8.26. The van der Waals surface area contributed by atoms with E-state index in [4.69, 9.17) is 15.2 Å². The molecule has 162 valence electrons. The maximum absolute atomic E-state index is 14.9. The number of ether oxygens (including phenoxy) is 2. The number of amides is 2. The van der Waals surface area contributed by atoms with Crippen LogP contribution in [0, 0.1) is 17.7 Å². The fourth-order valence-electron chi connectivity index (χ4n) is 4.58. The molecule has 3 fully saturated rings. The predicted octanol–water partition coefficient (Wildman–Crippen LogP) is 1.78. The predicted molar refractivity (Wildman–Crippen MR) is 110 cm³/mol. The number of benzene rings is 1. The van der Waals surface area contributed by atoms with Crippen LogP contribution in [-0.4, -0.2) is 49.4 Å². The number of nitrogens with one attached hydrogen (secondary N) is 1. The quantitative estimate of drug-likeness (QED) is 0.755. The minimum Gasteiger partial charge on any atom is -0.442 e. The molecule has 2 amide bonds. The van der Waals surface area contributed by atoms with Crippen LogP contribution in [0.5, 0.6) is 0 Å². The van der Waals surface area contributed by atoms with Crippen molar-refractivity contribution in [3.8, 4) is 11.1 Å². The van der Waals surface area contributed by atoms with E-state index >= 15 is 0 Å². The van der Waals surface area contributed by atoms with Gasteiger partial charge in [0.05, 0.1) is 43.2 Å². The van der Waals surface area contributed by atoms with Gasteiger partial charge >= 0.3 is 6.09 Å². The van der Waals surface area contributed by atoms with Crippen LogP contribution in [0.2, 0.25) is 0 Å². The fourth-order valence-corrected chi connectivity index (χ4v) is 4.58. The summed E-state index contributed by atoms with van der Waals surface area (Å²) < 4.78 is 25.5. The Morgan fingerprint density at radius 1 is 1.32 bits per heavy atom. The van der Waals surface area contributed by atoms with Crippen molar-refractivity contribution in [2.24, 2.45) is 17.6 Å². The van der Waals surface area contributed by atoms with Gasteiger partial charge in [0.25, 0.3) is 0 Å². The number of fused-ring (bicyclic) bond motifs is 1. The van der Waals surface area contributed by atoms with E-state index < -0.39 is 23.6 Å². The second kappa shape index (κ2) is 7.28. The lowest BCUT2D eigenvalue weighted by Gasteiger charge is -2.16. The molecule has 3 atom stereocenters. The number of rotatable bonds is 5. The summed E-state index contributed by atoms with van der Waals surface area (Å²) in [7, 11) is 0. The van der Waals surface area contributed by atoms with E-state index in [9.17, 15) is 14.0 Å². The number of carbonyl (C=O) groups excluding carboxylic acids is 2. The van der Waals surface area contributed by atoms with E-state index in [0.717, 1.165) is 5.69 Å². The molecule has 0 spiro atoms. The van der Waals surface area contributed by atoms with Crippen LogP contribution < -0.4 is 16.0 Å². The number of aromatic nitrogens is 1. The highest BCUT2D eigenvalue weighted by atomic mass is 19.1. The third-order valence-electron chi connectivity index (χ3n) is 6.43. The lowest BCUT2D eigenvalue weighted by molar-refractivity contribution is -0.119. The molecule has 1 aliphatic carbocycles.